The van der Waals surface area contributed by atoms with E-state index in [0.717, 1.165) is 23.5 Å². The molecule has 1 atom stereocenters. The fourth-order valence-electron chi connectivity index (χ4n) is 9.67. The Bertz CT molecular complexity index is 3070. The molecule has 2 heteroatoms. The molecule has 0 aliphatic carbocycles. The maximum Gasteiger partial charge on any atom is 0.0618 e. The third kappa shape index (κ3) is 6.73. The Morgan fingerprint density at radius 1 is 0.417 bits per heavy atom. The van der Waals surface area contributed by atoms with E-state index in [1.807, 2.05) is 0 Å². The minimum atomic E-state index is 0.426. The highest BCUT2D eigenvalue weighted by Gasteiger charge is 2.26. The van der Waals surface area contributed by atoms with Crippen molar-refractivity contribution in [2.75, 3.05) is 4.90 Å². The summed E-state index contributed by atoms with van der Waals surface area (Å²) in [5, 5.41) is 7.71. The summed E-state index contributed by atoms with van der Waals surface area (Å²) in [6.45, 7) is 4.70. The summed E-state index contributed by atoms with van der Waals surface area (Å²) in [6.07, 6.45) is 5.97. The average Bonchev–Trinajstić information content (AvgIpc) is 3.65. The van der Waals surface area contributed by atoms with E-state index >= 15 is 0 Å². The molecule has 0 aliphatic rings. The first-order valence-electron chi connectivity index (χ1n) is 21.8. The van der Waals surface area contributed by atoms with Gasteiger partial charge >= 0.3 is 0 Å². The maximum absolute atomic E-state index is 2.54. The fraction of sp³-hybridized carbons (Fsp3) is 0.138. The van der Waals surface area contributed by atoms with Crippen molar-refractivity contribution < 1.29 is 0 Å². The molecule has 1 heterocycles. The molecule has 0 N–H and O–H groups in total. The molecule has 0 fully saturated rings. The molecule has 0 saturated carbocycles. The number of rotatable bonds is 12. The van der Waals surface area contributed by atoms with Gasteiger partial charge in [-0.1, -0.05) is 173 Å². The second-order valence-electron chi connectivity index (χ2n) is 16.2. The van der Waals surface area contributed by atoms with E-state index < -0.39 is 0 Å². The van der Waals surface area contributed by atoms with Crippen LogP contribution in [0.5, 0.6) is 0 Å². The van der Waals surface area contributed by atoms with Crippen LogP contribution in [0.15, 0.2) is 200 Å². The zero-order valence-electron chi connectivity index (χ0n) is 34.6. The number of anilines is 3. The maximum atomic E-state index is 2.54. The van der Waals surface area contributed by atoms with Gasteiger partial charge in [0.1, 0.15) is 0 Å². The SMILES string of the molecule is CCCCCC(CC)c1c2cc(-c3ccccc3)ccc2c(N(c2ccccc2)c2ccc3c(c2)c2ccccc2n3-c2ccccc2)c2cc(-c3ccccc3)ccc12. The van der Waals surface area contributed by atoms with E-state index in [2.05, 4.69) is 224 Å². The summed E-state index contributed by atoms with van der Waals surface area (Å²) in [5.41, 5.74) is 13.5. The Morgan fingerprint density at radius 3 is 1.67 bits per heavy atom. The van der Waals surface area contributed by atoms with Gasteiger partial charge in [0.15, 0.2) is 0 Å². The third-order valence-corrected chi connectivity index (χ3v) is 12.6. The molecule has 292 valence electrons. The fourth-order valence-corrected chi connectivity index (χ4v) is 9.67. The summed E-state index contributed by atoms with van der Waals surface area (Å²) < 4.78 is 2.40. The van der Waals surface area contributed by atoms with Crippen LogP contribution in [0.3, 0.4) is 0 Å². The second kappa shape index (κ2) is 16.4. The van der Waals surface area contributed by atoms with Crippen molar-refractivity contribution in [3.8, 4) is 27.9 Å². The number of para-hydroxylation sites is 3. The number of hydrogen-bond donors (Lipinski definition) is 0. The molecule has 0 radical (unpaired) electrons. The van der Waals surface area contributed by atoms with Gasteiger partial charge in [0, 0.05) is 38.6 Å². The van der Waals surface area contributed by atoms with Crippen LogP contribution in [0.4, 0.5) is 17.1 Å². The van der Waals surface area contributed by atoms with Crippen molar-refractivity contribution in [1.29, 1.82) is 0 Å². The number of fused-ring (bicyclic) bond motifs is 5. The molecule has 9 aromatic carbocycles. The first-order valence-corrected chi connectivity index (χ1v) is 21.8. The summed E-state index contributed by atoms with van der Waals surface area (Å²) >= 11 is 0. The normalized spacial score (nSPS) is 12.1. The predicted octanol–water partition coefficient (Wildman–Crippen LogP) is 17.0. The number of unbranched alkanes of at least 4 members (excludes halogenated alkanes) is 2. The summed E-state index contributed by atoms with van der Waals surface area (Å²) in [4.78, 5) is 2.54. The molecule has 1 unspecified atom stereocenters. The van der Waals surface area contributed by atoms with Crippen LogP contribution in [0.25, 0.3) is 71.3 Å². The van der Waals surface area contributed by atoms with Crippen LogP contribution in [0.1, 0.15) is 57.4 Å². The van der Waals surface area contributed by atoms with Gasteiger partial charge in [-0.15, -0.1) is 0 Å². The van der Waals surface area contributed by atoms with Gasteiger partial charge in [-0.05, 0) is 118 Å². The Labute approximate surface area is 354 Å². The Kier molecular flexibility index (Phi) is 10.2. The molecule has 0 amide bonds. The smallest absolute Gasteiger partial charge is 0.0618 e. The molecule has 0 spiro atoms. The number of aromatic nitrogens is 1. The van der Waals surface area contributed by atoms with Gasteiger partial charge in [-0.2, -0.15) is 0 Å². The molecular formula is C58H50N2. The topological polar surface area (TPSA) is 8.17 Å². The Balaban J connectivity index is 1.32. The van der Waals surface area contributed by atoms with Gasteiger partial charge in [0.25, 0.3) is 0 Å². The van der Waals surface area contributed by atoms with E-state index in [9.17, 15) is 0 Å². The molecule has 0 saturated heterocycles. The molecule has 60 heavy (non-hydrogen) atoms. The number of nitrogens with zero attached hydrogens (tertiary/aromatic N) is 2. The summed E-state index contributed by atoms with van der Waals surface area (Å²) in [7, 11) is 0. The zero-order valence-corrected chi connectivity index (χ0v) is 34.6. The van der Waals surface area contributed by atoms with Gasteiger partial charge in [-0.25, -0.2) is 0 Å². The molecule has 0 bridgehead atoms. The van der Waals surface area contributed by atoms with E-state index in [4.69, 9.17) is 0 Å². The molecule has 2 nitrogen and oxygen atoms in total. The first-order chi connectivity index (χ1) is 29.7. The predicted molar refractivity (Wildman–Crippen MR) is 259 cm³/mol. The van der Waals surface area contributed by atoms with Crippen LogP contribution >= 0.6 is 0 Å². The van der Waals surface area contributed by atoms with Gasteiger partial charge in [0.2, 0.25) is 0 Å². The van der Waals surface area contributed by atoms with Crippen LogP contribution in [-0.2, 0) is 0 Å². The van der Waals surface area contributed by atoms with Crippen LogP contribution in [0.2, 0.25) is 0 Å². The largest absolute Gasteiger partial charge is 0.309 e. The van der Waals surface area contributed by atoms with E-state index in [1.165, 1.54) is 103 Å². The monoisotopic (exact) mass is 774 g/mol. The van der Waals surface area contributed by atoms with Crippen LogP contribution in [-0.4, -0.2) is 4.57 Å². The lowest BCUT2D eigenvalue weighted by Crippen LogP contribution is -2.12. The van der Waals surface area contributed by atoms with E-state index in [1.54, 1.807) is 0 Å². The van der Waals surface area contributed by atoms with E-state index in [0.29, 0.717) is 5.92 Å². The zero-order chi connectivity index (χ0) is 40.4. The lowest BCUT2D eigenvalue weighted by Gasteiger charge is -2.31. The highest BCUT2D eigenvalue weighted by Crippen LogP contribution is 2.50. The van der Waals surface area contributed by atoms with Crippen LogP contribution < -0.4 is 4.90 Å². The highest BCUT2D eigenvalue weighted by atomic mass is 15.1. The highest BCUT2D eigenvalue weighted by molar-refractivity contribution is 6.19. The Hall–Kier alpha value is -6.90. The molecule has 0 aliphatic heterocycles. The van der Waals surface area contributed by atoms with Crippen molar-refractivity contribution in [3.63, 3.8) is 0 Å². The molecule has 10 rings (SSSR count). The number of hydrogen-bond acceptors (Lipinski definition) is 1. The van der Waals surface area contributed by atoms with Crippen molar-refractivity contribution in [1.82, 2.24) is 4.57 Å². The van der Waals surface area contributed by atoms with Crippen molar-refractivity contribution in [2.24, 2.45) is 0 Å². The molecule has 10 aromatic rings. The first kappa shape index (κ1) is 37.4. The van der Waals surface area contributed by atoms with Crippen molar-refractivity contribution in [2.45, 2.75) is 51.9 Å². The standard InChI is InChI=1S/C58H50N2/c1-3-5-10-21-41(4-2)57-50-35-32-45(43-24-13-7-14-25-43)39-54(50)58(51-36-33-44(38-53(51)57)42-22-11-6-12-23-42)59(46-26-15-8-16-27-46)48-34-37-56-52(40-48)49-30-19-20-31-55(49)60(56)47-28-17-9-18-29-47/h6-9,11-20,22-41H,3-5,10,21H2,1-2H3. The van der Waals surface area contributed by atoms with Crippen molar-refractivity contribution >= 4 is 60.4 Å². The van der Waals surface area contributed by atoms with Gasteiger partial charge < -0.3 is 9.47 Å². The lowest BCUT2D eigenvalue weighted by molar-refractivity contribution is 0.558. The third-order valence-electron chi connectivity index (χ3n) is 12.6. The van der Waals surface area contributed by atoms with Crippen LogP contribution in [0, 0.1) is 0 Å². The molecular weight excluding hydrogens is 725 g/mol. The summed E-state index contributed by atoms with van der Waals surface area (Å²) in [5.74, 6) is 0.426. The molecule has 1 aromatic heterocycles. The van der Waals surface area contributed by atoms with E-state index in [-0.39, 0.29) is 0 Å². The summed E-state index contributed by atoms with van der Waals surface area (Å²) in [6, 6.07) is 74.0. The Morgan fingerprint density at radius 2 is 1.00 bits per heavy atom. The minimum absolute atomic E-state index is 0.426. The quantitative estimate of drug-likeness (QED) is 0.0886. The minimum Gasteiger partial charge on any atom is -0.309 e. The van der Waals surface area contributed by atoms with Gasteiger partial charge in [-0.3, -0.25) is 0 Å². The second-order valence-corrected chi connectivity index (χ2v) is 16.2. The lowest BCUT2D eigenvalue weighted by atomic mass is 9.81. The average molecular weight is 775 g/mol. The number of benzene rings is 9. The van der Waals surface area contributed by atoms with Crippen molar-refractivity contribution in [3.05, 3.63) is 206 Å². The van der Waals surface area contributed by atoms with Gasteiger partial charge in [0.05, 0.1) is 16.7 Å².